The molecule has 0 aromatic carbocycles. The molecule has 0 aromatic rings. The van der Waals surface area contributed by atoms with Crippen LogP contribution >= 0.6 is 0 Å². The molecular formula is C12H20O4. The molecule has 0 aliphatic rings. The van der Waals surface area contributed by atoms with Crippen molar-refractivity contribution in [1.29, 1.82) is 0 Å². The van der Waals surface area contributed by atoms with E-state index in [9.17, 15) is 9.59 Å². The van der Waals surface area contributed by atoms with Crippen LogP contribution in [0.3, 0.4) is 0 Å². The highest BCUT2D eigenvalue weighted by Crippen LogP contribution is 2.00. The van der Waals surface area contributed by atoms with Crippen molar-refractivity contribution < 1.29 is 19.4 Å². The van der Waals surface area contributed by atoms with Crippen LogP contribution in [0.1, 0.15) is 33.6 Å². The van der Waals surface area contributed by atoms with Gasteiger partial charge in [-0.15, -0.1) is 0 Å². The van der Waals surface area contributed by atoms with Gasteiger partial charge in [0.2, 0.25) is 0 Å². The van der Waals surface area contributed by atoms with Gasteiger partial charge in [0.25, 0.3) is 0 Å². The monoisotopic (exact) mass is 228 g/mol. The number of hydrogen-bond acceptors (Lipinski definition) is 3. The van der Waals surface area contributed by atoms with Gasteiger partial charge in [-0.2, -0.15) is 0 Å². The smallest absolute Gasteiger partial charge is 0.330 e. The number of hydrogen-bond donors (Lipinski definition) is 1. The van der Waals surface area contributed by atoms with Gasteiger partial charge in [0, 0.05) is 11.6 Å². The van der Waals surface area contributed by atoms with Gasteiger partial charge in [0.15, 0.2) is 0 Å². The first-order chi connectivity index (χ1) is 7.34. The quantitative estimate of drug-likeness (QED) is 0.580. The largest absolute Gasteiger partial charge is 0.478 e. The molecule has 0 aliphatic carbocycles. The van der Waals surface area contributed by atoms with Crippen molar-refractivity contribution in [2.45, 2.75) is 39.7 Å². The molecule has 1 atom stereocenters. The first kappa shape index (κ1) is 16.8. The van der Waals surface area contributed by atoms with E-state index >= 15 is 0 Å². The average molecular weight is 228 g/mol. The minimum absolute atomic E-state index is 0.0236. The number of carboxylic acids is 1. The summed E-state index contributed by atoms with van der Waals surface area (Å²) in [5.74, 6) is -1.27. The predicted molar refractivity (Wildman–Crippen MR) is 63.1 cm³/mol. The maximum absolute atomic E-state index is 10.6. The van der Waals surface area contributed by atoms with Crippen molar-refractivity contribution in [3.8, 4) is 0 Å². The molecule has 0 fully saturated rings. The number of ether oxygens (including phenoxy) is 1. The highest BCUT2D eigenvalue weighted by atomic mass is 16.5. The second-order valence-corrected chi connectivity index (χ2v) is 3.33. The molecule has 0 bridgehead atoms. The fourth-order valence-electron chi connectivity index (χ4n) is 0.712. The summed E-state index contributed by atoms with van der Waals surface area (Å²) >= 11 is 0. The SMILES string of the molecule is C=C(C)C(=O)O.C=CC(=O)OC(C)CCC. The number of carbonyl (C=O) groups excluding carboxylic acids is 1. The third kappa shape index (κ3) is 12.4. The molecule has 4 nitrogen and oxygen atoms in total. The van der Waals surface area contributed by atoms with Crippen molar-refractivity contribution in [3.05, 3.63) is 24.8 Å². The van der Waals surface area contributed by atoms with Crippen LogP contribution in [0.4, 0.5) is 0 Å². The molecule has 0 radical (unpaired) electrons. The molecule has 0 spiro atoms. The Morgan fingerprint density at radius 2 is 1.94 bits per heavy atom. The van der Waals surface area contributed by atoms with Gasteiger partial charge in [0.1, 0.15) is 0 Å². The van der Waals surface area contributed by atoms with Crippen molar-refractivity contribution in [3.63, 3.8) is 0 Å². The Kier molecular flexibility index (Phi) is 10.5. The van der Waals surface area contributed by atoms with Gasteiger partial charge in [-0.05, 0) is 20.3 Å². The topological polar surface area (TPSA) is 63.6 Å². The van der Waals surface area contributed by atoms with E-state index in [0.717, 1.165) is 12.8 Å². The molecule has 0 aliphatic heterocycles. The van der Waals surface area contributed by atoms with Gasteiger partial charge in [-0.1, -0.05) is 26.5 Å². The fraction of sp³-hybridized carbons (Fsp3) is 0.500. The number of carboxylic acid groups (broad SMARTS) is 1. The summed E-state index contributed by atoms with van der Waals surface area (Å²) in [6, 6.07) is 0. The van der Waals surface area contributed by atoms with E-state index in [1.165, 1.54) is 13.0 Å². The average Bonchev–Trinajstić information content (AvgIpc) is 2.18. The summed E-state index contributed by atoms with van der Waals surface area (Å²) in [5, 5.41) is 7.89. The molecule has 0 amide bonds. The van der Waals surface area contributed by atoms with Gasteiger partial charge in [-0.3, -0.25) is 0 Å². The Balaban J connectivity index is 0. The molecule has 0 saturated heterocycles. The summed E-state index contributed by atoms with van der Waals surface area (Å²) < 4.78 is 4.88. The van der Waals surface area contributed by atoms with Crippen LogP contribution in [0.15, 0.2) is 24.8 Å². The molecule has 1 unspecified atom stereocenters. The third-order valence-corrected chi connectivity index (χ3v) is 1.54. The van der Waals surface area contributed by atoms with Crippen LogP contribution in [0.2, 0.25) is 0 Å². The minimum atomic E-state index is -0.935. The van der Waals surface area contributed by atoms with Crippen LogP contribution in [-0.4, -0.2) is 23.1 Å². The number of carbonyl (C=O) groups is 2. The zero-order valence-corrected chi connectivity index (χ0v) is 10.2. The molecule has 1 N–H and O–H groups in total. The van der Waals surface area contributed by atoms with E-state index in [-0.39, 0.29) is 17.6 Å². The lowest BCUT2D eigenvalue weighted by Crippen LogP contribution is -2.11. The third-order valence-electron chi connectivity index (χ3n) is 1.54. The first-order valence-electron chi connectivity index (χ1n) is 5.06. The second-order valence-electron chi connectivity index (χ2n) is 3.33. The number of aliphatic carboxylic acids is 1. The van der Waals surface area contributed by atoms with Gasteiger partial charge in [0.05, 0.1) is 6.10 Å². The fourth-order valence-corrected chi connectivity index (χ4v) is 0.712. The Labute approximate surface area is 96.6 Å². The lowest BCUT2D eigenvalue weighted by Gasteiger charge is -2.09. The molecule has 0 saturated carbocycles. The van der Waals surface area contributed by atoms with Crippen molar-refractivity contribution in [2.24, 2.45) is 0 Å². The van der Waals surface area contributed by atoms with Crippen LogP contribution in [0, 0.1) is 0 Å². The Bertz CT molecular complexity index is 244. The lowest BCUT2D eigenvalue weighted by atomic mass is 10.2. The van der Waals surface area contributed by atoms with Crippen molar-refractivity contribution in [2.75, 3.05) is 0 Å². The van der Waals surface area contributed by atoms with Crippen LogP contribution in [-0.2, 0) is 14.3 Å². The maximum atomic E-state index is 10.6. The summed E-state index contributed by atoms with van der Waals surface area (Å²) in [5.41, 5.74) is 0.176. The Morgan fingerprint density at radius 1 is 1.50 bits per heavy atom. The van der Waals surface area contributed by atoms with Gasteiger partial charge in [-0.25, -0.2) is 9.59 Å². The standard InChI is InChI=1S/C8H14O2.C4H6O2/c1-4-6-7(3)10-8(9)5-2;1-3(2)4(5)6/h5,7H,2,4,6H2,1,3H3;1H2,2H3,(H,5,6). The predicted octanol–water partition coefficient (Wildman–Crippen LogP) is 2.55. The molecular weight excluding hydrogens is 208 g/mol. The highest BCUT2D eigenvalue weighted by Gasteiger charge is 2.03. The van der Waals surface area contributed by atoms with E-state index in [1.807, 2.05) is 6.92 Å². The van der Waals surface area contributed by atoms with E-state index in [2.05, 4.69) is 20.1 Å². The number of esters is 1. The van der Waals surface area contributed by atoms with E-state index in [4.69, 9.17) is 9.84 Å². The molecule has 0 rings (SSSR count). The lowest BCUT2D eigenvalue weighted by molar-refractivity contribution is -0.142. The summed E-state index contributed by atoms with van der Waals surface area (Å²) in [7, 11) is 0. The zero-order chi connectivity index (χ0) is 13.1. The molecule has 0 heterocycles. The van der Waals surface area contributed by atoms with Crippen molar-refractivity contribution >= 4 is 11.9 Å². The molecule has 4 heteroatoms. The first-order valence-corrected chi connectivity index (χ1v) is 5.06. The highest BCUT2D eigenvalue weighted by molar-refractivity contribution is 5.84. The van der Waals surface area contributed by atoms with E-state index in [0.29, 0.717) is 0 Å². The summed E-state index contributed by atoms with van der Waals surface area (Å²) in [4.78, 5) is 20.2. The van der Waals surface area contributed by atoms with Crippen LogP contribution < -0.4 is 0 Å². The zero-order valence-electron chi connectivity index (χ0n) is 10.2. The summed E-state index contributed by atoms with van der Waals surface area (Å²) in [6.07, 6.45) is 3.16. The maximum Gasteiger partial charge on any atom is 0.330 e. The summed E-state index contributed by atoms with van der Waals surface area (Å²) in [6.45, 7) is 11.8. The minimum Gasteiger partial charge on any atom is -0.478 e. The molecule has 0 aromatic heterocycles. The normalized spacial score (nSPS) is 10.4. The van der Waals surface area contributed by atoms with Crippen LogP contribution in [0.25, 0.3) is 0 Å². The molecule has 16 heavy (non-hydrogen) atoms. The second kappa shape index (κ2) is 9.96. The van der Waals surface area contributed by atoms with Gasteiger partial charge < -0.3 is 9.84 Å². The van der Waals surface area contributed by atoms with Crippen LogP contribution in [0.5, 0.6) is 0 Å². The molecule has 92 valence electrons. The van der Waals surface area contributed by atoms with Crippen molar-refractivity contribution in [1.82, 2.24) is 0 Å². The van der Waals surface area contributed by atoms with E-state index in [1.54, 1.807) is 0 Å². The van der Waals surface area contributed by atoms with Gasteiger partial charge >= 0.3 is 11.9 Å². The van der Waals surface area contributed by atoms with E-state index < -0.39 is 5.97 Å². The number of rotatable bonds is 5. The Morgan fingerprint density at radius 3 is 2.19 bits per heavy atom. The Hall–Kier alpha value is -1.58.